The SMILES string of the molecule is [CH]c1cc(Br)c(O)c(Br)c1-c1ccc([N+](=O)[O-])cc1[N+](=O)[O-]. The van der Waals surface area contributed by atoms with Gasteiger partial charge in [-0.3, -0.25) is 20.2 Å². The second-order valence-corrected chi connectivity index (χ2v) is 5.85. The molecule has 0 saturated carbocycles. The van der Waals surface area contributed by atoms with Crippen molar-refractivity contribution < 1.29 is 15.0 Å². The van der Waals surface area contributed by atoms with Crippen LogP contribution in [0.1, 0.15) is 5.56 Å². The molecule has 0 aromatic heterocycles. The van der Waals surface area contributed by atoms with Gasteiger partial charge in [-0.05, 0) is 56.5 Å². The van der Waals surface area contributed by atoms with Gasteiger partial charge in [0.1, 0.15) is 5.75 Å². The molecule has 22 heavy (non-hydrogen) atoms. The lowest BCUT2D eigenvalue weighted by molar-refractivity contribution is -0.393. The molecular formula is C13H6Br2N2O5. The number of nitro groups is 2. The molecule has 2 aromatic carbocycles. The largest absolute Gasteiger partial charge is 0.506 e. The van der Waals surface area contributed by atoms with Gasteiger partial charge >= 0.3 is 0 Å². The van der Waals surface area contributed by atoms with Crippen LogP contribution in [0, 0.1) is 27.2 Å². The Labute approximate surface area is 141 Å². The molecule has 0 spiro atoms. The van der Waals surface area contributed by atoms with E-state index in [2.05, 4.69) is 31.9 Å². The Morgan fingerprint density at radius 2 is 1.73 bits per heavy atom. The van der Waals surface area contributed by atoms with Gasteiger partial charge in [-0.25, -0.2) is 0 Å². The molecule has 2 aromatic rings. The third-order valence-corrected chi connectivity index (χ3v) is 4.26. The van der Waals surface area contributed by atoms with E-state index in [4.69, 9.17) is 6.92 Å². The van der Waals surface area contributed by atoms with Gasteiger partial charge in [0, 0.05) is 11.6 Å². The maximum atomic E-state index is 11.2. The van der Waals surface area contributed by atoms with E-state index in [9.17, 15) is 25.3 Å². The van der Waals surface area contributed by atoms with Crippen molar-refractivity contribution in [1.29, 1.82) is 0 Å². The molecule has 0 bridgehead atoms. The van der Waals surface area contributed by atoms with Crippen LogP contribution in [0.5, 0.6) is 5.75 Å². The Bertz CT molecular complexity index is 808. The number of halogens is 2. The summed E-state index contributed by atoms with van der Waals surface area (Å²) in [6.07, 6.45) is 0. The van der Waals surface area contributed by atoms with Crippen LogP contribution >= 0.6 is 31.9 Å². The van der Waals surface area contributed by atoms with E-state index in [1.165, 1.54) is 12.1 Å². The minimum absolute atomic E-state index is 0.0581. The molecule has 0 aliphatic rings. The minimum atomic E-state index is -0.743. The standard InChI is InChI=1S/C13H6Br2N2O5/c1-6-4-9(14)13(18)12(15)11(6)8-3-2-7(16(19)20)5-10(8)17(21)22/h1-5,18H. The predicted molar refractivity (Wildman–Crippen MR) is 85.7 cm³/mol. The van der Waals surface area contributed by atoms with Crippen molar-refractivity contribution in [2.45, 2.75) is 0 Å². The molecule has 7 nitrogen and oxygen atoms in total. The third-order valence-electron chi connectivity index (χ3n) is 2.88. The molecule has 0 unspecified atom stereocenters. The first kappa shape index (κ1) is 16.4. The number of hydrogen-bond donors (Lipinski definition) is 1. The van der Waals surface area contributed by atoms with Crippen LogP contribution in [0.15, 0.2) is 33.2 Å². The molecule has 1 N–H and O–H groups in total. The quantitative estimate of drug-likeness (QED) is 0.572. The average molecular weight is 430 g/mol. The fraction of sp³-hybridized carbons (Fsp3) is 0. The molecule has 0 atom stereocenters. The van der Waals surface area contributed by atoms with Gasteiger partial charge in [0.15, 0.2) is 0 Å². The molecule has 0 aliphatic heterocycles. The smallest absolute Gasteiger partial charge is 0.284 e. The lowest BCUT2D eigenvalue weighted by Crippen LogP contribution is -1.97. The molecule has 0 saturated heterocycles. The zero-order chi connectivity index (χ0) is 16.6. The summed E-state index contributed by atoms with van der Waals surface area (Å²) in [5, 5.41) is 31.9. The first-order valence-electron chi connectivity index (χ1n) is 5.63. The van der Waals surface area contributed by atoms with E-state index in [1.807, 2.05) is 0 Å². The van der Waals surface area contributed by atoms with Gasteiger partial charge in [-0.15, -0.1) is 0 Å². The highest BCUT2D eigenvalue weighted by molar-refractivity contribution is 9.11. The number of phenols is 1. The third kappa shape index (κ3) is 2.81. The average Bonchev–Trinajstić information content (AvgIpc) is 2.44. The van der Waals surface area contributed by atoms with Gasteiger partial charge in [-0.1, -0.05) is 0 Å². The van der Waals surface area contributed by atoms with Gasteiger partial charge in [-0.2, -0.15) is 0 Å². The summed E-state index contributed by atoms with van der Waals surface area (Å²) >= 11 is 6.23. The molecular weight excluding hydrogens is 424 g/mol. The molecule has 0 aliphatic carbocycles. The van der Waals surface area contributed by atoms with E-state index >= 15 is 0 Å². The fourth-order valence-corrected chi connectivity index (χ4v) is 3.26. The number of nitro benzene ring substituents is 2. The molecule has 0 heterocycles. The van der Waals surface area contributed by atoms with E-state index in [-0.39, 0.29) is 26.9 Å². The highest BCUT2D eigenvalue weighted by Crippen LogP contribution is 2.45. The van der Waals surface area contributed by atoms with Crippen molar-refractivity contribution in [3.63, 3.8) is 0 Å². The summed E-state index contributed by atoms with van der Waals surface area (Å²) in [6, 6.07) is 4.59. The Morgan fingerprint density at radius 3 is 2.27 bits per heavy atom. The number of nitrogens with zero attached hydrogens (tertiary/aromatic N) is 2. The minimum Gasteiger partial charge on any atom is -0.506 e. The number of aromatic hydroxyl groups is 1. The molecule has 0 fully saturated rings. The lowest BCUT2D eigenvalue weighted by atomic mass is 9.98. The van der Waals surface area contributed by atoms with E-state index in [0.717, 1.165) is 12.1 Å². The normalized spacial score (nSPS) is 10.5. The van der Waals surface area contributed by atoms with E-state index < -0.39 is 21.2 Å². The van der Waals surface area contributed by atoms with Crippen molar-refractivity contribution in [3.05, 3.63) is 65.9 Å². The molecule has 0 amide bonds. The molecule has 2 rings (SSSR count). The number of phenolic OH excluding ortho intramolecular Hbond substituents is 1. The summed E-state index contributed by atoms with van der Waals surface area (Å²) in [4.78, 5) is 20.5. The van der Waals surface area contributed by atoms with Crippen LogP contribution in [0.3, 0.4) is 0 Å². The highest BCUT2D eigenvalue weighted by Gasteiger charge is 2.24. The summed E-state index contributed by atoms with van der Waals surface area (Å²) in [5.74, 6) is -0.183. The van der Waals surface area contributed by atoms with Crippen LogP contribution < -0.4 is 0 Å². The maximum absolute atomic E-state index is 11.2. The van der Waals surface area contributed by atoms with Gasteiger partial charge < -0.3 is 5.11 Å². The van der Waals surface area contributed by atoms with E-state index in [0.29, 0.717) is 4.47 Å². The van der Waals surface area contributed by atoms with Crippen LogP contribution in [0.2, 0.25) is 0 Å². The number of rotatable bonds is 3. The molecule has 112 valence electrons. The first-order valence-corrected chi connectivity index (χ1v) is 7.22. The summed E-state index contributed by atoms with van der Waals surface area (Å²) in [7, 11) is 0. The highest BCUT2D eigenvalue weighted by atomic mass is 79.9. The second kappa shape index (κ2) is 6.01. The van der Waals surface area contributed by atoms with Crippen LogP contribution in [0.25, 0.3) is 11.1 Å². The fourth-order valence-electron chi connectivity index (χ4n) is 1.90. The summed E-state index contributed by atoms with van der Waals surface area (Å²) < 4.78 is 0.460. The van der Waals surface area contributed by atoms with Crippen LogP contribution in [-0.2, 0) is 0 Å². The monoisotopic (exact) mass is 428 g/mol. The van der Waals surface area contributed by atoms with E-state index in [1.54, 1.807) is 0 Å². The van der Waals surface area contributed by atoms with Gasteiger partial charge in [0.25, 0.3) is 11.4 Å². The lowest BCUT2D eigenvalue weighted by Gasteiger charge is -2.12. The Kier molecular flexibility index (Phi) is 4.47. The summed E-state index contributed by atoms with van der Waals surface area (Å²) in [5.41, 5.74) is -0.492. The van der Waals surface area contributed by atoms with Gasteiger partial charge in [0.05, 0.1) is 30.4 Å². The zero-order valence-corrected chi connectivity index (χ0v) is 13.8. The van der Waals surface area contributed by atoms with Crippen molar-refractivity contribution in [2.75, 3.05) is 0 Å². The van der Waals surface area contributed by atoms with Gasteiger partial charge in [0.2, 0.25) is 0 Å². The number of hydrogen-bond acceptors (Lipinski definition) is 5. The number of benzene rings is 2. The van der Waals surface area contributed by atoms with Crippen molar-refractivity contribution >= 4 is 43.2 Å². The first-order chi connectivity index (χ1) is 10.2. The van der Waals surface area contributed by atoms with Crippen molar-refractivity contribution in [1.82, 2.24) is 0 Å². The summed E-state index contributed by atoms with van der Waals surface area (Å²) in [6.45, 7) is 5.86. The number of non-ortho nitro benzene ring substituents is 1. The second-order valence-electron chi connectivity index (χ2n) is 4.20. The van der Waals surface area contributed by atoms with Crippen LogP contribution in [0.4, 0.5) is 11.4 Å². The molecule has 2 radical (unpaired) electrons. The predicted octanol–water partition coefficient (Wildman–Crippen LogP) is 4.46. The van der Waals surface area contributed by atoms with Crippen LogP contribution in [-0.4, -0.2) is 15.0 Å². The topological polar surface area (TPSA) is 107 Å². The Balaban J connectivity index is 2.81. The van der Waals surface area contributed by atoms with Crippen molar-refractivity contribution in [2.24, 2.45) is 0 Å². The molecule has 9 heteroatoms. The Hall–Kier alpha value is -2.00. The van der Waals surface area contributed by atoms with Crippen molar-refractivity contribution in [3.8, 4) is 16.9 Å². The maximum Gasteiger partial charge on any atom is 0.284 e. The zero-order valence-electron chi connectivity index (χ0n) is 10.6. The Morgan fingerprint density at radius 1 is 1.09 bits per heavy atom.